The van der Waals surface area contributed by atoms with Crippen LogP contribution in [-0.4, -0.2) is 57.6 Å². The van der Waals surface area contributed by atoms with Crippen LogP contribution in [0.2, 0.25) is 0 Å². The van der Waals surface area contributed by atoms with Crippen molar-refractivity contribution in [1.82, 2.24) is 0 Å². The lowest BCUT2D eigenvalue weighted by atomic mass is 9.80. The lowest BCUT2D eigenvalue weighted by Gasteiger charge is -2.43. The Bertz CT molecular complexity index is 965. The zero-order chi connectivity index (χ0) is 22.1. The first kappa shape index (κ1) is 22.3. The van der Waals surface area contributed by atoms with Crippen LogP contribution in [0.5, 0.6) is 0 Å². The molecule has 4 rings (SSSR count). The van der Waals surface area contributed by atoms with Gasteiger partial charge < -0.3 is 25.2 Å². The van der Waals surface area contributed by atoms with Gasteiger partial charge in [0.05, 0.1) is 12.7 Å². The molecule has 2 heterocycles. The maximum Gasteiger partial charge on any atom is 0.123 e. The van der Waals surface area contributed by atoms with Crippen molar-refractivity contribution < 1.29 is 29.6 Å². The van der Waals surface area contributed by atoms with Crippen LogP contribution in [0.1, 0.15) is 18.2 Å². The normalized spacial score (nSPS) is 31.3. The van der Waals surface area contributed by atoms with Gasteiger partial charge in [-0.1, -0.05) is 35.4 Å². The second kappa shape index (κ2) is 9.32. The van der Waals surface area contributed by atoms with Gasteiger partial charge in [-0.2, -0.15) is 0 Å². The minimum atomic E-state index is -1.37. The van der Waals surface area contributed by atoms with Gasteiger partial charge in [0.15, 0.2) is 0 Å². The van der Waals surface area contributed by atoms with E-state index in [2.05, 4.69) is 6.07 Å². The molecule has 7 heteroatoms. The molecule has 6 atom stereocenters. The molecule has 1 aromatic carbocycles. The van der Waals surface area contributed by atoms with Gasteiger partial charge in [0.1, 0.15) is 30.2 Å². The van der Waals surface area contributed by atoms with Gasteiger partial charge in [-0.15, -0.1) is 11.3 Å². The number of hydrogen-bond acceptors (Lipinski definition) is 6. The van der Waals surface area contributed by atoms with Crippen molar-refractivity contribution in [3.8, 4) is 10.4 Å². The van der Waals surface area contributed by atoms with E-state index in [-0.39, 0.29) is 11.7 Å². The quantitative estimate of drug-likeness (QED) is 0.567. The Labute approximate surface area is 184 Å². The van der Waals surface area contributed by atoms with Crippen LogP contribution in [0.3, 0.4) is 0 Å². The Kier molecular flexibility index (Phi) is 6.71. The first-order valence-corrected chi connectivity index (χ1v) is 11.2. The average molecular weight is 447 g/mol. The van der Waals surface area contributed by atoms with Gasteiger partial charge in [0.25, 0.3) is 0 Å². The topological polar surface area (TPSA) is 90.2 Å². The Morgan fingerprint density at radius 1 is 1.03 bits per heavy atom. The summed E-state index contributed by atoms with van der Waals surface area (Å²) in [5.74, 6) is -0.434. The van der Waals surface area contributed by atoms with Crippen LogP contribution in [-0.2, 0) is 11.2 Å². The highest BCUT2D eigenvalue weighted by atomic mass is 32.1. The van der Waals surface area contributed by atoms with Crippen LogP contribution in [0, 0.1) is 11.7 Å². The van der Waals surface area contributed by atoms with E-state index in [0.717, 1.165) is 22.4 Å². The molecule has 1 fully saturated rings. The maximum absolute atomic E-state index is 13.2. The second-order valence-electron chi connectivity index (χ2n) is 8.26. The number of rotatable bonds is 5. The molecule has 1 unspecified atom stereocenters. The highest BCUT2D eigenvalue weighted by molar-refractivity contribution is 7.15. The Morgan fingerprint density at radius 3 is 2.48 bits per heavy atom. The fourth-order valence-electron chi connectivity index (χ4n) is 4.27. The largest absolute Gasteiger partial charge is 0.394 e. The SMILES string of the molecule is CC1=C(Cc2ccc(-c3ccc(F)cc3)s2)CC([C@@H]2O[C@H](CO)[C@@H](O)[C@H](O)[C@H]2O)C=C1. The number of aliphatic hydroxyl groups excluding tert-OH is 4. The lowest BCUT2D eigenvalue weighted by molar-refractivity contribution is -0.237. The van der Waals surface area contributed by atoms with Crippen LogP contribution >= 0.6 is 11.3 Å². The van der Waals surface area contributed by atoms with Crippen molar-refractivity contribution in [1.29, 1.82) is 0 Å². The first-order valence-electron chi connectivity index (χ1n) is 10.4. The molecular weight excluding hydrogens is 419 g/mol. The Balaban J connectivity index is 1.48. The third-order valence-electron chi connectivity index (χ3n) is 6.16. The molecule has 166 valence electrons. The van der Waals surface area contributed by atoms with Crippen molar-refractivity contribution in [2.75, 3.05) is 6.61 Å². The van der Waals surface area contributed by atoms with E-state index in [0.29, 0.717) is 6.42 Å². The number of aliphatic hydroxyl groups is 4. The Hall–Kier alpha value is -1.87. The molecule has 31 heavy (non-hydrogen) atoms. The summed E-state index contributed by atoms with van der Waals surface area (Å²) in [6, 6.07) is 10.6. The number of allylic oxidation sites excluding steroid dienone is 3. The Morgan fingerprint density at radius 2 is 1.77 bits per heavy atom. The van der Waals surface area contributed by atoms with E-state index < -0.39 is 37.1 Å². The van der Waals surface area contributed by atoms with Crippen molar-refractivity contribution in [2.24, 2.45) is 5.92 Å². The molecule has 1 saturated heterocycles. The summed E-state index contributed by atoms with van der Waals surface area (Å²) in [5.41, 5.74) is 3.33. The van der Waals surface area contributed by atoms with Gasteiger partial charge in [0.2, 0.25) is 0 Å². The van der Waals surface area contributed by atoms with Crippen LogP contribution < -0.4 is 0 Å². The molecule has 1 aromatic heterocycles. The van der Waals surface area contributed by atoms with Crippen molar-refractivity contribution in [3.63, 3.8) is 0 Å². The maximum atomic E-state index is 13.2. The predicted molar refractivity (Wildman–Crippen MR) is 117 cm³/mol. The summed E-state index contributed by atoms with van der Waals surface area (Å²) in [4.78, 5) is 2.25. The number of halogens is 1. The third-order valence-corrected chi connectivity index (χ3v) is 7.30. The average Bonchev–Trinajstić information content (AvgIpc) is 3.23. The smallest absolute Gasteiger partial charge is 0.123 e. The van der Waals surface area contributed by atoms with Crippen molar-refractivity contribution >= 4 is 11.3 Å². The van der Waals surface area contributed by atoms with E-state index in [4.69, 9.17) is 4.74 Å². The summed E-state index contributed by atoms with van der Waals surface area (Å²) in [6.45, 7) is 1.62. The number of hydrogen-bond donors (Lipinski definition) is 4. The predicted octanol–water partition coefficient (Wildman–Crippen LogP) is 2.83. The fourth-order valence-corrected chi connectivity index (χ4v) is 5.33. The minimum Gasteiger partial charge on any atom is -0.394 e. The summed E-state index contributed by atoms with van der Waals surface area (Å²) < 4.78 is 19.0. The van der Waals surface area contributed by atoms with E-state index in [1.165, 1.54) is 22.6 Å². The molecule has 1 aliphatic heterocycles. The molecule has 2 aliphatic rings. The van der Waals surface area contributed by atoms with Crippen molar-refractivity contribution in [2.45, 2.75) is 50.3 Å². The first-order chi connectivity index (χ1) is 14.9. The van der Waals surface area contributed by atoms with Gasteiger partial charge >= 0.3 is 0 Å². The monoisotopic (exact) mass is 446 g/mol. The fraction of sp³-hybridized carbons (Fsp3) is 0.417. The highest BCUT2D eigenvalue weighted by Crippen LogP contribution is 2.36. The highest BCUT2D eigenvalue weighted by Gasteiger charge is 2.46. The number of benzene rings is 1. The molecular formula is C24H27FO5S. The summed E-state index contributed by atoms with van der Waals surface area (Å²) in [6.07, 6.45) is -0.213. The molecule has 5 nitrogen and oxygen atoms in total. The van der Waals surface area contributed by atoms with Crippen LogP contribution in [0.15, 0.2) is 59.7 Å². The van der Waals surface area contributed by atoms with E-state index in [9.17, 15) is 24.8 Å². The van der Waals surface area contributed by atoms with Gasteiger partial charge in [-0.25, -0.2) is 4.39 Å². The molecule has 2 aromatic rings. The summed E-state index contributed by atoms with van der Waals surface area (Å²) in [7, 11) is 0. The molecule has 0 radical (unpaired) electrons. The third kappa shape index (κ3) is 4.67. The zero-order valence-electron chi connectivity index (χ0n) is 17.2. The number of ether oxygens (including phenoxy) is 1. The number of thiophene rings is 1. The van der Waals surface area contributed by atoms with Crippen LogP contribution in [0.4, 0.5) is 4.39 Å². The molecule has 0 saturated carbocycles. The van der Waals surface area contributed by atoms with E-state index in [1.807, 2.05) is 25.1 Å². The van der Waals surface area contributed by atoms with E-state index >= 15 is 0 Å². The van der Waals surface area contributed by atoms with Crippen LogP contribution in [0.25, 0.3) is 10.4 Å². The molecule has 0 spiro atoms. The molecule has 4 N–H and O–H groups in total. The standard InChI is InChI=1S/C24H27FO5S/c1-13-2-3-15(24-23(29)22(28)21(27)19(12-26)30-24)10-16(13)11-18-8-9-20(31-18)14-4-6-17(25)7-5-14/h2-9,15,19,21-24,26-29H,10-12H2,1H3/t15?,19-,21-,22+,23-,24+/m1/s1. The van der Waals surface area contributed by atoms with Crippen molar-refractivity contribution in [3.05, 3.63) is 70.4 Å². The van der Waals surface area contributed by atoms with E-state index in [1.54, 1.807) is 23.5 Å². The second-order valence-corrected chi connectivity index (χ2v) is 9.43. The van der Waals surface area contributed by atoms with Gasteiger partial charge in [-0.05, 0) is 43.2 Å². The summed E-state index contributed by atoms with van der Waals surface area (Å²) in [5, 5.41) is 40.1. The zero-order valence-corrected chi connectivity index (χ0v) is 18.0. The molecule has 1 aliphatic carbocycles. The van der Waals surface area contributed by atoms with Gasteiger partial charge in [-0.3, -0.25) is 0 Å². The van der Waals surface area contributed by atoms with Gasteiger partial charge in [0, 0.05) is 22.1 Å². The summed E-state index contributed by atoms with van der Waals surface area (Å²) >= 11 is 1.66. The molecule has 0 bridgehead atoms. The lowest BCUT2D eigenvalue weighted by Crippen LogP contribution is -2.60. The minimum absolute atomic E-state index is 0.179. The molecule has 0 amide bonds.